The van der Waals surface area contributed by atoms with Gasteiger partial charge in [0.25, 0.3) is 0 Å². The van der Waals surface area contributed by atoms with Gasteiger partial charge in [0.1, 0.15) is 11.2 Å². The summed E-state index contributed by atoms with van der Waals surface area (Å²) in [7, 11) is 0. The van der Waals surface area contributed by atoms with E-state index in [4.69, 9.17) is 4.42 Å². The van der Waals surface area contributed by atoms with Crippen LogP contribution in [0.1, 0.15) is 12.5 Å². The van der Waals surface area contributed by atoms with E-state index in [0.29, 0.717) is 0 Å². The Labute approximate surface area is 227 Å². The number of rotatable bonds is 5. The minimum absolute atomic E-state index is 0.908. The van der Waals surface area contributed by atoms with Gasteiger partial charge in [-0.1, -0.05) is 91.5 Å². The fourth-order valence-electron chi connectivity index (χ4n) is 5.72. The second-order valence-corrected chi connectivity index (χ2v) is 9.80. The van der Waals surface area contributed by atoms with Crippen molar-refractivity contribution in [1.29, 1.82) is 0 Å². The summed E-state index contributed by atoms with van der Waals surface area (Å²) in [5, 5.41) is 4.75. The highest BCUT2D eigenvalue weighted by Gasteiger charge is 2.15. The van der Waals surface area contributed by atoms with Gasteiger partial charge in [-0.25, -0.2) is 0 Å². The van der Waals surface area contributed by atoms with Crippen molar-refractivity contribution in [2.24, 2.45) is 0 Å². The van der Waals surface area contributed by atoms with Gasteiger partial charge in [-0.3, -0.25) is 0 Å². The Morgan fingerprint density at radius 1 is 0.667 bits per heavy atom. The first kappa shape index (κ1) is 23.1. The van der Waals surface area contributed by atoms with Crippen LogP contribution in [0.2, 0.25) is 0 Å². The standard InChI is InChI=1S/C37H27NO/c1-3-10-25(11-4-2)26-12-9-13-27(22-26)28-18-20-35-32(23-28)30-14-5-7-16-34(30)38(35)29-19-21-37-33(24-29)31-15-6-8-17-36(31)39-37/h3-24H,1H2,2H3/b11-4-,25-10+. The van der Waals surface area contributed by atoms with Gasteiger partial charge in [0.2, 0.25) is 0 Å². The number of fused-ring (bicyclic) bond motifs is 6. The molecule has 0 fully saturated rings. The average Bonchev–Trinajstić information content (AvgIpc) is 3.52. The fraction of sp³-hybridized carbons (Fsp3) is 0.0270. The van der Waals surface area contributed by atoms with Gasteiger partial charge in [0, 0.05) is 27.2 Å². The second-order valence-electron chi connectivity index (χ2n) is 9.80. The summed E-state index contributed by atoms with van der Waals surface area (Å²) < 4.78 is 8.46. The van der Waals surface area contributed by atoms with Crippen molar-refractivity contribution >= 4 is 49.3 Å². The minimum atomic E-state index is 0.908. The Morgan fingerprint density at radius 2 is 1.44 bits per heavy atom. The van der Waals surface area contributed by atoms with E-state index in [9.17, 15) is 0 Å². The largest absolute Gasteiger partial charge is 0.456 e. The molecule has 0 saturated carbocycles. The number of allylic oxidation sites excluding steroid dienone is 5. The monoisotopic (exact) mass is 501 g/mol. The smallest absolute Gasteiger partial charge is 0.135 e. The number of nitrogens with zero attached hydrogens (tertiary/aromatic N) is 1. The lowest BCUT2D eigenvalue weighted by Gasteiger charge is -2.09. The zero-order valence-corrected chi connectivity index (χ0v) is 21.8. The van der Waals surface area contributed by atoms with Crippen molar-refractivity contribution < 1.29 is 4.42 Å². The molecule has 0 saturated heterocycles. The molecule has 0 unspecified atom stereocenters. The van der Waals surface area contributed by atoms with Gasteiger partial charge in [0.05, 0.1) is 11.0 Å². The van der Waals surface area contributed by atoms with Crippen molar-refractivity contribution in [2.75, 3.05) is 0 Å². The molecular formula is C37H27NO. The first-order valence-electron chi connectivity index (χ1n) is 13.3. The van der Waals surface area contributed by atoms with Crippen LogP contribution < -0.4 is 0 Å². The van der Waals surface area contributed by atoms with Crippen molar-refractivity contribution in [1.82, 2.24) is 4.57 Å². The van der Waals surface area contributed by atoms with E-state index in [1.807, 2.05) is 25.1 Å². The summed E-state index contributed by atoms with van der Waals surface area (Å²) in [4.78, 5) is 0. The molecule has 39 heavy (non-hydrogen) atoms. The number of furan rings is 1. The predicted octanol–water partition coefficient (Wildman–Crippen LogP) is 10.5. The molecule has 0 aliphatic carbocycles. The summed E-state index contributed by atoms with van der Waals surface area (Å²) in [5.41, 5.74) is 10.0. The lowest BCUT2D eigenvalue weighted by atomic mass is 9.97. The SMILES string of the molecule is C=C/C=C(\C=C/C)c1cccc(-c2ccc3c(c2)c2ccccc2n3-c2ccc3oc4ccccc4c3c2)c1. The molecule has 186 valence electrons. The van der Waals surface area contributed by atoms with Crippen LogP contribution in [0.4, 0.5) is 0 Å². The average molecular weight is 502 g/mol. The van der Waals surface area contributed by atoms with E-state index in [2.05, 4.69) is 126 Å². The van der Waals surface area contributed by atoms with Crippen molar-refractivity contribution in [3.8, 4) is 16.8 Å². The maximum atomic E-state index is 6.10. The summed E-state index contributed by atoms with van der Waals surface area (Å²) in [6.07, 6.45) is 8.08. The lowest BCUT2D eigenvalue weighted by Crippen LogP contribution is -1.93. The Bertz CT molecular complexity index is 2100. The molecule has 0 bridgehead atoms. The molecule has 0 amide bonds. The number of benzene rings is 5. The Morgan fingerprint density at radius 3 is 2.31 bits per heavy atom. The normalized spacial score (nSPS) is 12.4. The van der Waals surface area contributed by atoms with E-state index in [1.165, 1.54) is 38.5 Å². The number of aromatic nitrogens is 1. The van der Waals surface area contributed by atoms with E-state index in [0.717, 1.165) is 33.2 Å². The summed E-state index contributed by atoms with van der Waals surface area (Å²) in [6.45, 7) is 5.93. The van der Waals surface area contributed by atoms with Gasteiger partial charge in [-0.05, 0) is 77.7 Å². The van der Waals surface area contributed by atoms with E-state index >= 15 is 0 Å². The highest BCUT2D eigenvalue weighted by Crippen LogP contribution is 2.37. The van der Waals surface area contributed by atoms with Crippen LogP contribution in [0.15, 0.2) is 144 Å². The van der Waals surface area contributed by atoms with E-state index < -0.39 is 0 Å². The van der Waals surface area contributed by atoms with E-state index in [1.54, 1.807) is 0 Å². The molecular weight excluding hydrogens is 474 g/mol. The predicted molar refractivity (Wildman–Crippen MR) is 166 cm³/mol. The maximum absolute atomic E-state index is 6.10. The first-order chi connectivity index (χ1) is 19.2. The maximum Gasteiger partial charge on any atom is 0.135 e. The van der Waals surface area contributed by atoms with Crippen LogP contribution in [-0.2, 0) is 0 Å². The molecule has 2 nitrogen and oxygen atoms in total. The van der Waals surface area contributed by atoms with Crippen LogP contribution in [0.25, 0.3) is 66.1 Å². The molecule has 5 aromatic carbocycles. The van der Waals surface area contributed by atoms with Gasteiger partial charge in [0.15, 0.2) is 0 Å². The molecule has 0 aliphatic rings. The first-order valence-corrected chi connectivity index (χ1v) is 13.3. The quantitative estimate of drug-likeness (QED) is 0.215. The third-order valence-electron chi connectivity index (χ3n) is 7.46. The topological polar surface area (TPSA) is 18.1 Å². The molecule has 2 heterocycles. The Hall–Kier alpha value is -5.08. The Kier molecular flexibility index (Phi) is 5.53. The molecule has 2 aromatic heterocycles. The summed E-state index contributed by atoms with van der Waals surface area (Å²) in [5.74, 6) is 0. The zero-order valence-electron chi connectivity index (χ0n) is 21.8. The van der Waals surface area contributed by atoms with Crippen molar-refractivity contribution in [3.05, 3.63) is 146 Å². The van der Waals surface area contributed by atoms with Crippen LogP contribution in [0.3, 0.4) is 0 Å². The second kappa shape index (κ2) is 9.34. The highest BCUT2D eigenvalue weighted by atomic mass is 16.3. The number of hydrogen-bond donors (Lipinski definition) is 0. The van der Waals surface area contributed by atoms with Crippen LogP contribution in [0, 0.1) is 0 Å². The van der Waals surface area contributed by atoms with Gasteiger partial charge in [-0.15, -0.1) is 0 Å². The van der Waals surface area contributed by atoms with Gasteiger partial charge < -0.3 is 8.98 Å². The van der Waals surface area contributed by atoms with Crippen LogP contribution in [-0.4, -0.2) is 4.57 Å². The summed E-state index contributed by atoms with van der Waals surface area (Å²) >= 11 is 0. The third-order valence-corrected chi connectivity index (χ3v) is 7.46. The highest BCUT2D eigenvalue weighted by molar-refractivity contribution is 6.11. The van der Waals surface area contributed by atoms with Gasteiger partial charge >= 0.3 is 0 Å². The molecule has 0 N–H and O–H groups in total. The molecule has 7 rings (SSSR count). The molecule has 7 aromatic rings. The van der Waals surface area contributed by atoms with E-state index in [-0.39, 0.29) is 0 Å². The Balaban J connectivity index is 1.42. The minimum Gasteiger partial charge on any atom is -0.456 e. The number of para-hydroxylation sites is 2. The molecule has 0 atom stereocenters. The van der Waals surface area contributed by atoms with Crippen molar-refractivity contribution in [3.63, 3.8) is 0 Å². The molecule has 0 spiro atoms. The molecule has 0 aliphatic heterocycles. The lowest BCUT2D eigenvalue weighted by molar-refractivity contribution is 0.669. The fourth-order valence-corrected chi connectivity index (χ4v) is 5.72. The van der Waals surface area contributed by atoms with Crippen molar-refractivity contribution in [2.45, 2.75) is 6.92 Å². The van der Waals surface area contributed by atoms with Gasteiger partial charge in [-0.2, -0.15) is 0 Å². The van der Waals surface area contributed by atoms with Crippen LogP contribution >= 0.6 is 0 Å². The molecule has 2 heteroatoms. The molecule has 0 radical (unpaired) electrons. The van der Waals surface area contributed by atoms with Crippen LogP contribution in [0.5, 0.6) is 0 Å². The zero-order chi connectivity index (χ0) is 26.3. The third kappa shape index (κ3) is 3.81. The number of hydrogen-bond acceptors (Lipinski definition) is 1. The summed E-state index contributed by atoms with van der Waals surface area (Å²) in [6, 6.07) is 38.9.